The number of aliphatic hydroxyl groups is 2. The Morgan fingerprint density at radius 1 is 0.583 bits per heavy atom. The Kier molecular flexibility index (Phi) is 35.3. The van der Waals surface area contributed by atoms with Crippen molar-refractivity contribution >= 4 is 11.9 Å². The van der Waals surface area contributed by atoms with Crippen LogP contribution in [0.4, 0.5) is 0 Å². The molecule has 3 N–H and O–H groups in total. The standard InChI is InChI=1S/C42H79NO5/c1-4-7-10-13-16-19-20-21-23-26-29-32-35-42(47)48-38(33-30-27-24-18-15-12-9-6-3)36-41(46)43-39(37-44)40(45)34-31-28-25-22-17-14-11-8-5-2/h12,15-16,19,38-40,44-45H,4-11,13-14,17-18,20-37H2,1-3H3,(H,43,46)/b15-12-,19-16-. The van der Waals surface area contributed by atoms with Crippen molar-refractivity contribution in [2.24, 2.45) is 0 Å². The molecule has 6 heteroatoms. The fourth-order valence-corrected chi connectivity index (χ4v) is 6.07. The number of hydrogen-bond acceptors (Lipinski definition) is 5. The number of allylic oxidation sites excluding steroid dienone is 4. The van der Waals surface area contributed by atoms with Crippen LogP contribution in [0.5, 0.6) is 0 Å². The van der Waals surface area contributed by atoms with Gasteiger partial charge in [0.25, 0.3) is 0 Å². The van der Waals surface area contributed by atoms with Crippen molar-refractivity contribution in [3.05, 3.63) is 24.3 Å². The molecule has 48 heavy (non-hydrogen) atoms. The highest BCUT2D eigenvalue weighted by Gasteiger charge is 2.24. The molecule has 282 valence electrons. The van der Waals surface area contributed by atoms with E-state index in [9.17, 15) is 19.8 Å². The van der Waals surface area contributed by atoms with Gasteiger partial charge in [0.15, 0.2) is 0 Å². The van der Waals surface area contributed by atoms with Crippen LogP contribution in [0, 0.1) is 0 Å². The largest absolute Gasteiger partial charge is 0.462 e. The first-order valence-electron chi connectivity index (χ1n) is 20.6. The summed E-state index contributed by atoms with van der Waals surface area (Å²) in [5.74, 6) is -0.505. The number of ether oxygens (including phenoxy) is 1. The van der Waals surface area contributed by atoms with Gasteiger partial charge in [0.1, 0.15) is 6.10 Å². The molecule has 0 aliphatic carbocycles. The van der Waals surface area contributed by atoms with Crippen LogP contribution in [0.15, 0.2) is 24.3 Å². The first-order chi connectivity index (χ1) is 23.5. The summed E-state index contributed by atoms with van der Waals surface area (Å²) in [6.07, 6.45) is 38.2. The van der Waals surface area contributed by atoms with Crippen molar-refractivity contribution in [3.63, 3.8) is 0 Å². The number of carbonyl (C=O) groups excluding carboxylic acids is 2. The van der Waals surface area contributed by atoms with Gasteiger partial charge < -0.3 is 20.3 Å². The van der Waals surface area contributed by atoms with Gasteiger partial charge in [-0.1, -0.05) is 148 Å². The zero-order chi connectivity index (χ0) is 35.3. The van der Waals surface area contributed by atoms with Gasteiger partial charge in [0.2, 0.25) is 5.91 Å². The summed E-state index contributed by atoms with van der Waals surface area (Å²) in [5.41, 5.74) is 0. The first kappa shape index (κ1) is 46.3. The highest BCUT2D eigenvalue weighted by atomic mass is 16.5. The lowest BCUT2D eigenvalue weighted by Gasteiger charge is -2.24. The van der Waals surface area contributed by atoms with Gasteiger partial charge in [-0.05, 0) is 70.6 Å². The highest BCUT2D eigenvalue weighted by molar-refractivity contribution is 5.77. The van der Waals surface area contributed by atoms with Gasteiger partial charge in [-0.3, -0.25) is 9.59 Å². The minimum absolute atomic E-state index is 0.0648. The summed E-state index contributed by atoms with van der Waals surface area (Å²) in [6, 6.07) is -0.700. The Morgan fingerprint density at radius 2 is 1.04 bits per heavy atom. The molecule has 3 unspecified atom stereocenters. The number of carbonyl (C=O) groups is 2. The normalized spacial score (nSPS) is 13.7. The van der Waals surface area contributed by atoms with Gasteiger partial charge >= 0.3 is 5.97 Å². The molecule has 0 saturated heterocycles. The zero-order valence-corrected chi connectivity index (χ0v) is 31.9. The Hall–Kier alpha value is -1.66. The van der Waals surface area contributed by atoms with E-state index in [4.69, 9.17) is 4.74 Å². The quantitative estimate of drug-likeness (QED) is 0.0348. The molecule has 0 aromatic rings. The summed E-state index contributed by atoms with van der Waals surface area (Å²) in [7, 11) is 0. The summed E-state index contributed by atoms with van der Waals surface area (Å²) < 4.78 is 5.84. The van der Waals surface area contributed by atoms with Crippen molar-refractivity contribution in [1.82, 2.24) is 5.32 Å². The van der Waals surface area contributed by atoms with Crippen LogP contribution in [0.3, 0.4) is 0 Å². The second-order valence-electron chi connectivity index (χ2n) is 14.0. The van der Waals surface area contributed by atoms with Crippen LogP contribution < -0.4 is 5.32 Å². The van der Waals surface area contributed by atoms with Crippen LogP contribution >= 0.6 is 0 Å². The molecule has 0 aromatic heterocycles. The lowest BCUT2D eigenvalue weighted by Crippen LogP contribution is -2.46. The van der Waals surface area contributed by atoms with Crippen LogP contribution in [0.2, 0.25) is 0 Å². The number of hydrogen-bond donors (Lipinski definition) is 3. The van der Waals surface area contributed by atoms with Gasteiger partial charge in [-0.25, -0.2) is 0 Å². The number of unbranched alkanes of at least 4 members (excludes halogenated alkanes) is 20. The molecule has 3 atom stereocenters. The third-order valence-electron chi connectivity index (χ3n) is 9.23. The van der Waals surface area contributed by atoms with Gasteiger partial charge in [0, 0.05) is 6.42 Å². The van der Waals surface area contributed by atoms with Gasteiger partial charge in [0.05, 0.1) is 25.2 Å². The average Bonchev–Trinajstić information content (AvgIpc) is 3.07. The first-order valence-corrected chi connectivity index (χ1v) is 20.6. The molecule has 0 heterocycles. The number of esters is 1. The maximum Gasteiger partial charge on any atom is 0.306 e. The van der Waals surface area contributed by atoms with Gasteiger partial charge in [-0.2, -0.15) is 0 Å². The van der Waals surface area contributed by atoms with Crippen molar-refractivity contribution in [3.8, 4) is 0 Å². The summed E-state index contributed by atoms with van der Waals surface area (Å²) in [6.45, 7) is 6.34. The van der Waals surface area contributed by atoms with E-state index < -0.39 is 18.2 Å². The number of amides is 1. The molecule has 0 aromatic carbocycles. The SMILES string of the molecule is CCC/C=C\CCCCCC(CC(=O)NC(CO)C(O)CCCCCCCCCCC)OC(=O)CCCCCCC/C=C\CCCCC. The maximum absolute atomic E-state index is 13.0. The predicted octanol–water partition coefficient (Wildman–Crippen LogP) is 11.2. The minimum Gasteiger partial charge on any atom is -0.462 e. The van der Waals surface area contributed by atoms with Crippen molar-refractivity contribution < 1.29 is 24.5 Å². The second-order valence-corrected chi connectivity index (χ2v) is 14.0. The molecule has 0 fully saturated rings. The number of aliphatic hydroxyl groups excluding tert-OH is 2. The zero-order valence-electron chi connectivity index (χ0n) is 31.9. The molecule has 0 bridgehead atoms. The monoisotopic (exact) mass is 678 g/mol. The van der Waals surface area contributed by atoms with E-state index in [2.05, 4.69) is 50.4 Å². The van der Waals surface area contributed by atoms with Crippen molar-refractivity contribution in [1.29, 1.82) is 0 Å². The van der Waals surface area contributed by atoms with Crippen LogP contribution in [0.25, 0.3) is 0 Å². The number of nitrogens with one attached hydrogen (secondary N) is 1. The molecule has 0 rings (SSSR count). The van der Waals surface area contributed by atoms with E-state index in [0.717, 1.165) is 83.5 Å². The molecule has 0 spiro atoms. The molecule has 0 aliphatic heterocycles. The van der Waals surface area contributed by atoms with E-state index in [-0.39, 0.29) is 24.9 Å². The fourth-order valence-electron chi connectivity index (χ4n) is 6.07. The minimum atomic E-state index is -0.785. The fraction of sp³-hybridized carbons (Fsp3) is 0.857. The average molecular weight is 678 g/mol. The van der Waals surface area contributed by atoms with Gasteiger partial charge in [-0.15, -0.1) is 0 Å². The summed E-state index contributed by atoms with van der Waals surface area (Å²) in [5, 5.41) is 23.4. The predicted molar refractivity (Wildman–Crippen MR) is 204 cm³/mol. The summed E-state index contributed by atoms with van der Waals surface area (Å²) >= 11 is 0. The highest BCUT2D eigenvalue weighted by Crippen LogP contribution is 2.16. The Labute approximate surface area is 297 Å². The van der Waals surface area contributed by atoms with E-state index in [1.54, 1.807) is 0 Å². The maximum atomic E-state index is 13.0. The molecule has 0 aliphatic rings. The van der Waals surface area contributed by atoms with Crippen molar-refractivity contribution in [2.75, 3.05) is 6.61 Å². The molecule has 1 amide bonds. The Balaban J connectivity index is 4.57. The third kappa shape index (κ3) is 31.6. The topological polar surface area (TPSA) is 95.9 Å². The Morgan fingerprint density at radius 3 is 1.62 bits per heavy atom. The number of rotatable bonds is 36. The molecule has 6 nitrogen and oxygen atoms in total. The van der Waals surface area contributed by atoms with Crippen LogP contribution in [0.1, 0.15) is 207 Å². The lowest BCUT2D eigenvalue weighted by molar-refractivity contribution is -0.151. The van der Waals surface area contributed by atoms with E-state index >= 15 is 0 Å². The smallest absolute Gasteiger partial charge is 0.306 e. The lowest BCUT2D eigenvalue weighted by atomic mass is 10.0. The van der Waals surface area contributed by atoms with Crippen molar-refractivity contribution in [2.45, 2.75) is 225 Å². The van der Waals surface area contributed by atoms with Crippen LogP contribution in [-0.4, -0.2) is 46.9 Å². The second kappa shape index (κ2) is 36.6. The third-order valence-corrected chi connectivity index (χ3v) is 9.23. The van der Waals surface area contributed by atoms with E-state index in [1.807, 2.05) is 0 Å². The molecular formula is C42H79NO5. The molecule has 0 saturated carbocycles. The van der Waals surface area contributed by atoms with E-state index in [1.165, 1.54) is 77.0 Å². The Bertz CT molecular complexity index is 767. The molecule has 0 radical (unpaired) electrons. The summed E-state index contributed by atoms with van der Waals surface area (Å²) in [4.78, 5) is 25.7. The van der Waals surface area contributed by atoms with Crippen LogP contribution in [-0.2, 0) is 14.3 Å². The van der Waals surface area contributed by atoms with E-state index in [0.29, 0.717) is 19.3 Å². The molecular weight excluding hydrogens is 598 g/mol.